The summed E-state index contributed by atoms with van der Waals surface area (Å²) >= 11 is 0. The lowest BCUT2D eigenvalue weighted by molar-refractivity contribution is -0.274. The standard InChI is InChI=1S/C26H21F3N2O3/c27-26(28,29)34-22-16-12-19(13-17-22)30-25(32)31-24-9-5-4-8-23(24)18-10-14-21(15-11-18)33-20-6-2-1-3-7-20/h1-10,12-18H,11H2,(H2,30,31,32). The molecule has 3 aromatic carbocycles. The Morgan fingerprint density at radius 3 is 2.24 bits per heavy atom. The van der Waals surface area contributed by atoms with Gasteiger partial charge in [-0.15, -0.1) is 13.2 Å². The molecule has 5 nitrogen and oxygen atoms in total. The second kappa shape index (κ2) is 10.2. The first kappa shape index (κ1) is 23.0. The average Bonchev–Trinajstić information content (AvgIpc) is 2.81. The molecule has 174 valence electrons. The molecule has 4 rings (SSSR count). The number of allylic oxidation sites excluding steroid dienone is 3. The Bertz CT molecular complexity index is 1190. The highest BCUT2D eigenvalue weighted by atomic mass is 19.4. The Kier molecular flexibility index (Phi) is 6.87. The molecule has 0 fully saturated rings. The molecule has 1 aliphatic rings. The van der Waals surface area contributed by atoms with Gasteiger partial charge in [-0.2, -0.15) is 0 Å². The van der Waals surface area contributed by atoms with Gasteiger partial charge >= 0.3 is 12.4 Å². The van der Waals surface area contributed by atoms with Crippen LogP contribution < -0.4 is 20.1 Å². The largest absolute Gasteiger partial charge is 0.573 e. The predicted molar refractivity (Wildman–Crippen MR) is 124 cm³/mol. The van der Waals surface area contributed by atoms with E-state index in [2.05, 4.69) is 15.4 Å². The number of alkyl halides is 3. The Morgan fingerprint density at radius 2 is 1.56 bits per heavy atom. The fraction of sp³-hybridized carbons (Fsp3) is 0.115. The van der Waals surface area contributed by atoms with Gasteiger partial charge in [-0.3, -0.25) is 0 Å². The number of benzene rings is 3. The van der Waals surface area contributed by atoms with E-state index in [4.69, 9.17) is 4.74 Å². The molecule has 0 radical (unpaired) electrons. The van der Waals surface area contributed by atoms with Crippen molar-refractivity contribution in [1.82, 2.24) is 0 Å². The van der Waals surface area contributed by atoms with Gasteiger partial charge in [0.25, 0.3) is 0 Å². The molecular weight excluding hydrogens is 445 g/mol. The smallest absolute Gasteiger partial charge is 0.458 e. The van der Waals surface area contributed by atoms with Crippen molar-refractivity contribution in [3.8, 4) is 11.5 Å². The van der Waals surface area contributed by atoms with Crippen LogP contribution in [0.15, 0.2) is 103 Å². The van der Waals surface area contributed by atoms with Gasteiger partial charge in [0.05, 0.1) is 0 Å². The number of nitrogens with one attached hydrogen (secondary N) is 2. The van der Waals surface area contributed by atoms with Gasteiger partial charge in [0.1, 0.15) is 17.3 Å². The highest BCUT2D eigenvalue weighted by Crippen LogP contribution is 2.32. The van der Waals surface area contributed by atoms with Gasteiger partial charge in [0, 0.05) is 17.3 Å². The van der Waals surface area contributed by atoms with Crippen LogP contribution in [-0.4, -0.2) is 12.4 Å². The lowest BCUT2D eigenvalue weighted by Gasteiger charge is -2.20. The molecular formula is C26H21F3N2O3. The van der Waals surface area contributed by atoms with Crippen molar-refractivity contribution in [1.29, 1.82) is 0 Å². The predicted octanol–water partition coefficient (Wildman–Crippen LogP) is 7.24. The zero-order valence-electron chi connectivity index (χ0n) is 17.9. The minimum absolute atomic E-state index is 0.0402. The van der Waals surface area contributed by atoms with E-state index in [-0.39, 0.29) is 11.7 Å². The van der Waals surface area contributed by atoms with Crippen LogP contribution in [0.2, 0.25) is 0 Å². The maximum atomic E-state index is 12.5. The average molecular weight is 466 g/mol. The molecule has 34 heavy (non-hydrogen) atoms. The Morgan fingerprint density at radius 1 is 0.853 bits per heavy atom. The minimum Gasteiger partial charge on any atom is -0.458 e. The van der Waals surface area contributed by atoms with E-state index < -0.39 is 12.4 Å². The number of anilines is 2. The topological polar surface area (TPSA) is 59.6 Å². The molecule has 0 aliphatic heterocycles. The van der Waals surface area contributed by atoms with E-state index >= 15 is 0 Å². The number of hydrogen-bond donors (Lipinski definition) is 2. The van der Waals surface area contributed by atoms with Crippen molar-refractivity contribution in [3.05, 3.63) is 108 Å². The molecule has 0 saturated heterocycles. The SMILES string of the molecule is O=C(Nc1ccc(OC(F)(F)F)cc1)Nc1ccccc1C1C=CC(Oc2ccccc2)=CC1. The molecule has 0 heterocycles. The lowest BCUT2D eigenvalue weighted by Crippen LogP contribution is -2.21. The lowest BCUT2D eigenvalue weighted by atomic mass is 9.91. The summed E-state index contributed by atoms with van der Waals surface area (Å²) in [6, 6.07) is 21.3. The summed E-state index contributed by atoms with van der Waals surface area (Å²) in [6.45, 7) is 0. The molecule has 1 atom stereocenters. The van der Waals surface area contributed by atoms with Gasteiger partial charge in [-0.1, -0.05) is 42.5 Å². The third kappa shape index (κ3) is 6.41. The maximum Gasteiger partial charge on any atom is 0.573 e. The molecule has 0 aromatic heterocycles. The summed E-state index contributed by atoms with van der Waals surface area (Å²) < 4.78 is 46.6. The van der Waals surface area contributed by atoms with Crippen LogP contribution in [0.4, 0.5) is 29.3 Å². The fourth-order valence-corrected chi connectivity index (χ4v) is 3.49. The summed E-state index contributed by atoms with van der Waals surface area (Å²) in [5.41, 5.74) is 1.89. The maximum absolute atomic E-state index is 12.5. The molecule has 8 heteroatoms. The van der Waals surface area contributed by atoms with E-state index in [0.29, 0.717) is 17.8 Å². The normalized spacial score (nSPS) is 15.3. The van der Waals surface area contributed by atoms with Crippen molar-refractivity contribution in [2.45, 2.75) is 18.7 Å². The summed E-state index contributed by atoms with van der Waals surface area (Å²) in [4.78, 5) is 12.5. The molecule has 1 aliphatic carbocycles. The molecule has 2 N–H and O–H groups in total. The first-order valence-corrected chi connectivity index (χ1v) is 10.5. The van der Waals surface area contributed by atoms with Crippen molar-refractivity contribution >= 4 is 17.4 Å². The minimum atomic E-state index is -4.77. The van der Waals surface area contributed by atoms with Crippen LogP contribution in [0.3, 0.4) is 0 Å². The quantitative estimate of drug-likeness (QED) is 0.403. The van der Waals surface area contributed by atoms with Crippen LogP contribution in [0, 0.1) is 0 Å². The van der Waals surface area contributed by atoms with E-state index in [0.717, 1.165) is 29.2 Å². The van der Waals surface area contributed by atoms with Crippen LogP contribution in [-0.2, 0) is 0 Å². The zero-order valence-corrected chi connectivity index (χ0v) is 17.9. The third-order valence-corrected chi connectivity index (χ3v) is 5.00. The first-order valence-electron chi connectivity index (χ1n) is 10.5. The van der Waals surface area contributed by atoms with E-state index in [1.165, 1.54) is 12.1 Å². The van der Waals surface area contributed by atoms with Crippen molar-refractivity contribution in [2.75, 3.05) is 10.6 Å². The highest BCUT2D eigenvalue weighted by molar-refractivity contribution is 6.00. The molecule has 1 unspecified atom stereocenters. The summed E-state index contributed by atoms with van der Waals surface area (Å²) in [6.07, 6.45) is 1.85. The Balaban J connectivity index is 1.37. The molecule has 3 aromatic rings. The van der Waals surface area contributed by atoms with Crippen LogP contribution in [0.1, 0.15) is 17.9 Å². The summed E-state index contributed by atoms with van der Waals surface area (Å²) in [7, 11) is 0. The Labute approximate surface area is 194 Å². The van der Waals surface area contributed by atoms with E-state index in [1.807, 2.05) is 66.8 Å². The van der Waals surface area contributed by atoms with Gasteiger partial charge in [0.2, 0.25) is 0 Å². The summed E-state index contributed by atoms with van der Waals surface area (Å²) in [5, 5.41) is 5.42. The number of carbonyl (C=O) groups excluding carboxylic acids is 1. The number of carbonyl (C=O) groups is 1. The molecule has 0 spiro atoms. The molecule has 0 bridgehead atoms. The first-order chi connectivity index (χ1) is 16.4. The van der Waals surface area contributed by atoms with Crippen LogP contribution >= 0.6 is 0 Å². The number of halogens is 3. The zero-order chi connectivity index (χ0) is 24.0. The second-order valence-corrected chi connectivity index (χ2v) is 7.46. The number of para-hydroxylation sites is 2. The Hall–Kier alpha value is -4.20. The molecule has 2 amide bonds. The number of amides is 2. The van der Waals surface area contributed by atoms with Crippen molar-refractivity contribution in [2.24, 2.45) is 0 Å². The van der Waals surface area contributed by atoms with Gasteiger partial charge < -0.3 is 20.1 Å². The van der Waals surface area contributed by atoms with Gasteiger partial charge in [0.15, 0.2) is 0 Å². The van der Waals surface area contributed by atoms with Crippen molar-refractivity contribution in [3.63, 3.8) is 0 Å². The van der Waals surface area contributed by atoms with Gasteiger partial charge in [-0.05, 0) is 66.6 Å². The number of urea groups is 1. The second-order valence-electron chi connectivity index (χ2n) is 7.46. The van der Waals surface area contributed by atoms with Gasteiger partial charge in [-0.25, -0.2) is 4.79 Å². The van der Waals surface area contributed by atoms with Crippen LogP contribution in [0.5, 0.6) is 11.5 Å². The summed E-state index contributed by atoms with van der Waals surface area (Å²) in [5.74, 6) is 1.19. The number of hydrogen-bond acceptors (Lipinski definition) is 3. The fourth-order valence-electron chi connectivity index (χ4n) is 3.49. The van der Waals surface area contributed by atoms with E-state index in [1.54, 1.807) is 6.07 Å². The van der Waals surface area contributed by atoms with E-state index in [9.17, 15) is 18.0 Å². The number of ether oxygens (including phenoxy) is 2. The molecule has 0 saturated carbocycles. The third-order valence-electron chi connectivity index (χ3n) is 5.00. The van der Waals surface area contributed by atoms with Crippen molar-refractivity contribution < 1.29 is 27.4 Å². The highest BCUT2D eigenvalue weighted by Gasteiger charge is 2.31. The number of rotatable bonds is 6. The van der Waals surface area contributed by atoms with Crippen LogP contribution in [0.25, 0.3) is 0 Å². The monoisotopic (exact) mass is 466 g/mol.